The lowest BCUT2D eigenvalue weighted by Crippen LogP contribution is -1.96. The van der Waals surface area contributed by atoms with E-state index < -0.39 is 0 Å². The number of carbonyl (C=O) groups excluding carboxylic acids is 1. The van der Waals surface area contributed by atoms with E-state index in [1.165, 1.54) is 13.3 Å². The van der Waals surface area contributed by atoms with Gasteiger partial charge in [-0.1, -0.05) is 12.1 Å². The van der Waals surface area contributed by atoms with Gasteiger partial charge < -0.3 is 4.74 Å². The summed E-state index contributed by atoms with van der Waals surface area (Å²) in [5.41, 5.74) is 0.548. The van der Waals surface area contributed by atoms with Gasteiger partial charge in [0.15, 0.2) is 11.5 Å². The van der Waals surface area contributed by atoms with Gasteiger partial charge in [0.1, 0.15) is 12.1 Å². The van der Waals surface area contributed by atoms with Crippen LogP contribution in [0, 0.1) is 0 Å². The number of aromatic nitrogens is 2. The standard InChI is InChI=1S/C12H10N2O2/c1-9(15)11-4-2-3-5-12(11)16-10-6-13-8-14-7-10/h2-8H,1H3. The topological polar surface area (TPSA) is 52.1 Å². The molecule has 1 aromatic heterocycles. The van der Waals surface area contributed by atoms with Crippen LogP contribution in [0.2, 0.25) is 0 Å². The summed E-state index contributed by atoms with van der Waals surface area (Å²) >= 11 is 0. The number of ketones is 1. The molecule has 0 fully saturated rings. The normalized spacial score (nSPS) is 9.81. The Balaban J connectivity index is 2.31. The molecule has 4 heteroatoms. The molecule has 0 aliphatic rings. The average Bonchev–Trinajstić information content (AvgIpc) is 2.31. The minimum atomic E-state index is -0.0348. The van der Waals surface area contributed by atoms with Crippen molar-refractivity contribution in [3.8, 4) is 11.5 Å². The molecule has 1 aromatic carbocycles. The van der Waals surface area contributed by atoms with Crippen LogP contribution in [0.4, 0.5) is 0 Å². The Morgan fingerprint density at radius 2 is 1.88 bits per heavy atom. The van der Waals surface area contributed by atoms with E-state index in [0.29, 0.717) is 17.1 Å². The van der Waals surface area contributed by atoms with Crippen LogP contribution in [-0.4, -0.2) is 15.8 Å². The highest BCUT2D eigenvalue weighted by atomic mass is 16.5. The number of ether oxygens (including phenoxy) is 1. The second-order valence-electron chi connectivity index (χ2n) is 3.23. The molecule has 0 spiro atoms. The van der Waals surface area contributed by atoms with Crippen molar-refractivity contribution in [1.29, 1.82) is 0 Å². The van der Waals surface area contributed by atoms with E-state index in [0.717, 1.165) is 0 Å². The second kappa shape index (κ2) is 4.53. The van der Waals surface area contributed by atoms with E-state index in [-0.39, 0.29) is 5.78 Å². The highest BCUT2D eigenvalue weighted by Crippen LogP contribution is 2.24. The Labute approximate surface area is 92.9 Å². The maximum absolute atomic E-state index is 11.3. The molecule has 16 heavy (non-hydrogen) atoms. The monoisotopic (exact) mass is 214 g/mol. The third-order valence-corrected chi connectivity index (χ3v) is 2.03. The Bertz CT molecular complexity index is 497. The number of hydrogen-bond acceptors (Lipinski definition) is 4. The summed E-state index contributed by atoms with van der Waals surface area (Å²) in [7, 11) is 0. The van der Waals surface area contributed by atoms with Crippen molar-refractivity contribution in [2.24, 2.45) is 0 Å². The zero-order valence-corrected chi connectivity index (χ0v) is 8.75. The summed E-state index contributed by atoms with van der Waals surface area (Å²) in [5, 5.41) is 0. The lowest BCUT2D eigenvalue weighted by molar-refractivity contribution is 0.101. The van der Waals surface area contributed by atoms with E-state index in [4.69, 9.17) is 4.74 Å². The Hall–Kier alpha value is -2.23. The number of hydrogen-bond donors (Lipinski definition) is 0. The molecule has 0 atom stereocenters. The van der Waals surface area contributed by atoms with Crippen molar-refractivity contribution in [2.45, 2.75) is 6.92 Å². The maximum atomic E-state index is 11.3. The van der Waals surface area contributed by atoms with E-state index in [9.17, 15) is 4.79 Å². The Morgan fingerprint density at radius 1 is 1.19 bits per heavy atom. The molecular formula is C12H10N2O2. The zero-order valence-electron chi connectivity index (χ0n) is 8.75. The van der Waals surface area contributed by atoms with Crippen LogP contribution >= 0.6 is 0 Å². The molecule has 0 saturated carbocycles. The van der Waals surface area contributed by atoms with E-state index in [2.05, 4.69) is 9.97 Å². The first-order valence-electron chi connectivity index (χ1n) is 4.80. The fraction of sp³-hybridized carbons (Fsp3) is 0.0833. The SMILES string of the molecule is CC(=O)c1ccccc1Oc1cncnc1. The van der Waals surface area contributed by atoms with E-state index >= 15 is 0 Å². The molecule has 80 valence electrons. The molecule has 0 aliphatic carbocycles. The number of Topliss-reactive ketones (excluding diaryl/α,β-unsaturated/α-hetero) is 1. The first-order chi connectivity index (χ1) is 7.77. The van der Waals surface area contributed by atoms with E-state index in [1.54, 1.807) is 30.6 Å². The number of para-hydroxylation sites is 1. The number of carbonyl (C=O) groups is 1. The molecule has 0 radical (unpaired) electrons. The van der Waals surface area contributed by atoms with Crippen molar-refractivity contribution >= 4 is 5.78 Å². The molecule has 0 unspecified atom stereocenters. The molecular weight excluding hydrogens is 204 g/mol. The summed E-state index contributed by atoms with van der Waals surface area (Å²) in [6.07, 6.45) is 4.51. The molecule has 2 aromatic rings. The predicted octanol–water partition coefficient (Wildman–Crippen LogP) is 2.47. The first kappa shape index (κ1) is 10.3. The van der Waals surface area contributed by atoms with Gasteiger partial charge in [0.25, 0.3) is 0 Å². The Morgan fingerprint density at radius 3 is 2.56 bits per heavy atom. The van der Waals surface area contributed by atoms with E-state index in [1.807, 2.05) is 6.07 Å². The summed E-state index contributed by atoms with van der Waals surface area (Å²) < 4.78 is 5.52. The van der Waals surface area contributed by atoms with Crippen LogP contribution in [0.15, 0.2) is 43.0 Å². The fourth-order valence-electron chi connectivity index (χ4n) is 1.31. The molecule has 0 bridgehead atoms. The van der Waals surface area contributed by atoms with Gasteiger partial charge in [-0.2, -0.15) is 0 Å². The van der Waals surface area contributed by atoms with Crippen LogP contribution in [0.5, 0.6) is 11.5 Å². The minimum absolute atomic E-state index is 0.0348. The lowest BCUT2D eigenvalue weighted by Gasteiger charge is -2.07. The largest absolute Gasteiger partial charge is 0.453 e. The van der Waals surface area contributed by atoms with Gasteiger partial charge in [-0.15, -0.1) is 0 Å². The summed E-state index contributed by atoms with van der Waals surface area (Å²) in [4.78, 5) is 19.0. The highest BCUT2D eigenvalue weighted by Gasteiger charge is 2.08. The lowest BCUT2D eigenvalue weighted by atomic mass is 10.1. The molecule has 0 amide bonds. The highest BCUT2D eigenvalue weighted by molar-refractivity contribution is 5.96. The average molecular weight is 214 g/mol. The van der Waals surface area contributed by atoms with Crippen LogP contribution in [0.25, 0.3) is 0 Å². The first-order valence-corrected chi connectivity index (χ1v) is 4.80. The third-order valence-electron chi connectivity index (χ3n) is 2.03. The number of nitrogens with zero attached hydrogens (tertiary/aromatic N) is 2. The molecule has 0 N–H and O–H groups in total. The van der Waals surface area contributed by atoms with Gasteiger partial charge >= 0.3 is 0 Å². The fourth-order valence-corrected chi connectivity index (χ4v) is 1.31. The maximum Gasteiger partial charge on any atom is 0.164 e. The number of rotatable bonds is 3. The van der Waals surface area contributed by atoms with Gasteiger partial charge in [-0.3, -0.25) is 4.79 Å². The Kier molecular flexibility index (Phi) is 2.91. The van der Waals surface area contributed by atoms with Crippen LogP contribution < -0.4 is 4.74 Å². The molecule has 2 rings (SSSR count). The molecule has 0 aliphatic heterocycles. The van der Waals surface area contributed by atoms with Crippen molar-refractivity contribution < 1.29 is 9.53 Å². The zero-order chi connectivity index (χ0) is 11.4. The van der Waals surface area contributed by atoms with Crippen molar-refractivity contribution in [1.82, 2.24) is 9.97 Å². The summed E-state index contributed by atoms with van der Waals surface area (Å²) in [6.45, 7) is 1.50. The molecule has 4 nitrogen and oxygen atoms in total. The predicted molar refractivity (Wildman–Crippen MR) is 58.6 cm³/mol. The van der Waals surface area contributed by atoms with Crippen molar-refractivity contribution in [2.75, 3.05) is 0 Å². The van der Waals surface area contributed by atoms with Crippen LogP contribution in [0.1, 0.15) is 17.3 Å². The number of benzene rings is 1. The third kappa shape index (κ3) is 2.23. The summed E-state index contributed by atoms with van der Waals surface area (Å²) in [6, 6.07) is 7.07. The van der Waals surface area contributed by atoms with Gasteiger partial charge in [0, 0.05) is 0 Å². The summed E-state index contributed by atoms with van der Waals surface area (Å²) in [5.74, 6) is 0.994. The van der Waals surface area contributed by atoms with Crippen LogP contribution in [-0.2, 0) is 0 Å². The second-order valence-corrected chi connectivity index (χ2v) is 3.23. The van der Waals surface area contributed by atoms with Crippen molar-refractivity contribution in [3.05, 3.63) is 48.5 Å². The molecule has 1 heterocycles. The van der Waals surface area contributed by atoms with Crippen LogP contribution in [0.3, 0.4) is 0 Å². The molecule has 0 saturated heterocycles. The smallest absolute Gasteiger partial charge is 0.164 e. The van der Waals surface area contributed by atoms with Crippen molar-refractivity contribution in [3.63, 3.8) is 0 Å². The van der Waals surface area contributed by atoms with Gasteiger partial charge in [0.05, 0.1) is 18.0 Å². The van der Waals surface area contributed by atoms with Gasteiger partial charge in [-0.05, 0) is 19.1 Å². The van der Waals surface area contributed by atoms with Gasteiger partial charge in [-0.25, -0.2) is 9.97 Å². The quantitative estimate of drug-likeness (QED) is 0.736. The van der Waals surface area contributed by atoms with Gasteiger partial charge in [0.2, 0.25) is 0 Å². The minimum Gasteiger partial charge on any atom is -0.453 e.